The minimum Gasteiger partial charge on any atom is -0.299 e. The Bertz CT molecular complexity index is 662. The van der Waals surface area contributed by atoms with Crippen molar-refractivity contribution in [1.82, 2.24) is 10.3 Å². The first-order valence-electron chi connectivity index (χ1n) is 7.82. The molecule has 0 saturated carbocycles. The Morgan fingerprint density at radius 1 is 1.17 bits per heavy atom. The zero-order valence-corrected chi connectivity index (χ0v) is 13.6. The summed E-state index contributed by atoms with van der Waals surface area (Å²) in [6.45, 7) is 1.75. The van der Waals surface area contributed by atoms with Gasteiger partial charge in [0, 0.05) is 11.6 Å². The third-order valence-corrected chi connectivity index (χ3v) is 4.28. The molecule has 1 atom stereocenters. The zero-order chi connectivity index (χ0) is 16.1. The number of rotatable bonds is 5. The highest BCUT2D eigenvalue weighted by atomic mass is 35.5. The van der Waals surface area contributed by atoms with E-state index in [4.69, 9.17) is 11.6 Å². The van der Waals surface area contributed by atoms with Crippen molar-refractivity contribution in [3.8, 4) is 0 Å². The summed E-state index contributed by atoms with van der Waals surface area (Å²) in [6.07, 6.45) is 1.93. The van der Waals surface area contributed by atoms with Gasteiger partial charge in [-0.15, -0.1) is 0 Å². The molecule has 0 aliphatic carbocycles. The second-order valence-electron chi connectivity index (χ2n) is 5.74. The van der Waals surface area contributed by atoms with Crippen LogP contribution in [0.4, 0.5) is 5.69 Å². The van der Waals surface area contributed by atoms with Crippen molar-refractivity contribution >= 4 is 23.2 Å². The van der Waals surface area contributed by atoms with E-state index in [1.54, 1.807) is 12.1 Å². The number of anilines is 1. The average Bonchev–Trinajstić information content (AvgIpc) is 3.02. The van der Waals surface area contributed by atoms with Crippen molar-refractivity contribution in [3.05, 3.63) is 65.2 Å². The standard InChI is InChI=1S/C18H20ClN3O/c19-15-8-4-9-16(12-15)20-21-18(23)17-10-5-11-22(17)13-14-6-2-1-3-7-14/h1-4,6-9,12,17,20H,5,10-11,13H2,(H,21,23)/t17-/m1/s1. The lowest BCUT2D eigenvalue weighted by atomic mass is 10.2. The van der Waals surface area contributed by atoms with E-state index >= 15 is 0 Å². The maximum atomic E-state index is 12.5. The van der Waals surface area contributed by atoms with Gasteiger partial charge in [-0.05, 0) is 43.1 Å². The first-order chi connectivity index (χ1) is 11.2. The monoisotopic (exact) mass is 329 g/mol. The van der Waals surface area contributed by atoms with Crippen molar-refractivity contribution in [2.45, 2.75) is 25.4 Å². The van der Waals surface area contributed by atoms with Gasteiger partial charge in [0.2, 0.25) is 0 Å². The molecule has 0 bridgehead atoms. The van der Waals surface area contributed by atoms with Crippen LogP contribution in [-0.4, -0.2) is 23.4 Å². The number of likely N-dealkylation sites (tertiary alicyclic amines) is 1. The molecule has 1 fully saturated rings. The van der Waals surface area contributed by atoms with Crippen molar-refractivity contribution < 1.29 is 4.79 Å². The summed E-state index contributed by atoms with van der Waals surface area (Å²) in [5, 5.41) is 0.635. The van der Waals surface area contributed by atoms with E-state index in [0.717, 1.165) is 31.6 Å². The van der Waals surface area contributed by atoms with Crippen molar-refractivity contribution in [1.29, 1.82) is 0 Å². The summed E-state index contributed by atoms with van der Waals surface area (Å²) in [7, 11) is 0. The molecule has 1 aliphatic rings. The Morgan fingerprint density at radius 2 is 2.00 bits per heavy atom. The van der Waals surface area contributed by atoms with Gasteiger partial charge in [-0.25, -0.2) is 0 Å². The Labute approximate surface area is 141 Å². The highest BCUT2D eigenvalue weighted by Crippen LogP contribution is 2.20. The van der Waals surface area contributed by atoms with Crippen molar-refractivity contribution in [2.24, 2.45) is 0 Å². The van der Waals surface area contributed by atoms with Crippen LogP contribution in [-0.2, 0) is 11.3 Å². The molecule has 120 valence electrons. The number of nitrogens with one attached hydrogen (secondary N) is 2. The van der Waals surface area contributed by atoms with Crippen LogP contribution in [0, 0.1) is 0 Å². The van der Waals surface area contributed by atoms with Gasteiger partial charge < -0.3 is 0 Å². The summed E-state index contributed by atoms with van der Waals surface area (Å²) in [5.41, 5.74) is 7.74. The van der Waals surface area contributed by atoms with E-state index in [9.17, 15) is 4.79 Å². The predicted molar refractivity (Wildman–Crippen MR) is 93.1 cm³/mol. The average molecular weight is 330 g/mol. The molecule has 2 N–H and O–H groups in total. The van der Waals surface area contributed by atoms with Crippen LogP contribution in [0.25, 0.3) is 0 Å². The number of hydrazine groups is 1. The van der Waals surface area contributed by atoms with Gasteiger partial charge in [-0.1, -0.05) is 48.0 Å². The number of carbonyl (C=O) groups excluding carboxylic acids is 1. The molecule has 0 spiro atoms. The quantitative estimate of drug-likeness (QED) is 0.826. The highest BCUT2D eigenvalue weighted by Gasteiger charge is 2.30. The lowest BCUT2D eigenvalue weighted by Gasteiger charge is -2.24. The largest absolute Gasteiger partial charge is 0.299 e. The molecule has 0 aromatic heterocycles. The van der Waals surface area contributed by atoms with Gasteiger partial charge in [0.15, 0.2) is 0 Å². The van der Waals surface area contributed by atoms with Crippen LogP contribution in [0.15, 0.2) is 54.6 Å². The Morgan fingerprint density at radius 3 is 2.78 bits per heavy atom. The summed E-state index contributed by atoms with van der Waals surface area (Å²) in [6, 6.07) is 17.4. The Balaban J connectivity index is 1.57. The van der Waals surface area contributed by atoms with E-state index < -0.39 is 0 Å². The minimum absolute atomic E-state index is 0.00148. The Hall–Kier alpha value is -2.04. The van der Waals surface area contributed by atoms with Crippen LogP contribution in [0.1, 0.15) is 18.4 Å². The fourth-order valence-electron chi connectivity index (χ4n) is 2.91. The third kappa shape index (κ3) is 4.24. The molecule has 1 aliphatic heterocycles. The van der Waals surface area contributed by atoms with Gasteiger partial charge in [-0.2, -0.15) is 0 Å². The molecular formula is C18H20ClN3O. The smallest absolute Gasteiger partial charge is 0.255 e. The van der Waals surface area contributed by atoms with E-state index in [2.05, 4.69) is 27.9 Å². The van der Waals surface area contributed by atoms with Crippen LogP contribution in [0.2, 0.25) is 5.02 Å². The third-order valence-electron chi connectivity index (χ3n) is 4.05. The number of carbonyl (C=O) groups is 1. The molecule has 1 amide bonds. The molecule has 4 nitrogen and oxygen atoms in total. The summed E-state index contributed by atoms with van der Waals surface area (Å²) in [5.74, 6) is -0.00148. The maximum Gasteiger partial charge on any atom is 0.255 e. The molecule has 0 unspecified atom stereocenters. The van der Waals surface area contributed by atoms with Gasteiger partial charge in [-0.3, -0.25) is 20.5 Å². The van der Waals surface area contributed by atoms with Gasteiger partial charge >= 0.3 is 0 Å². The molecule has 1 saturated heterocycles. The number of hydrogen-bond donors (Lipinski definition) is 2. The second-order valence-corrected chi connectivity index (χ2v) is 6.18. The molecule has 23 heavy (non-hydrogen) atoms. The summed E-state index contributed by atoms with van der Waals surface area (Å²) < 4.78 is 0. The number of amides is 1. The van der Waals surface area contributed by atoms with E-state index in [0.29, 0.717) is 5.02 Å². The molecule has 5 heteroatoms. The fraction of sp³-hybridized carbons (Fsp3) is 0.278. The van der Waals surface area contributed by atoms with E-state index in [1.165, 1.54) is 5.56 Å². The topological polar surface area (TPSA) is 44.4 Å². The number of halogens is 1. The number of benzene rings is 2. The highest BCUT2D eigenvalue weighted by molar-refractivity contribution is 6.30. The lowest BCUT2D eigenvalue weighted by molar-refractivity contribution is -0.125. The number of hydrogen-bond acceptors (Lipinski definition) is 3. The van der Waals surface area contributed by atoms with Gasteiger partial charge in [0.1, 0.15) is 0 Å². The summed E-state index contributed by atoms with van der Waals surface area (Å²) in [4.78, 5) is 14.7. The van der Waals surface area contributed by atoms with Crippen LogP contribution in [0.3, 0.4) is 0 Å². The van der Waals surface area contributed by atoms with E-state index in [-0.39, 0.29) is 11.9 Å². The van der Waals surface area contributed by atoms with Crippen molar-refractivity contribution in [2.75, 3.05) is 12.0 Å². The van der Waals surface area contributed by atoms with Crippen LogP contribution < -0.4 is 10.9 Å². The molecule has 2 aromatic carbocycles. The fourth-order valence-corrected chi connectivity index (χ4v) is 3.10. The molecule has 3 rings (SSSR count). The van der Waals surface area contributed by atoms with Gasteiger partial charge in [0.05, 0.1) is 11.7 Å². The van der Waals surface area contributed by atoms with Gasteiger partial charge in [0.25, 0.3) is 5.91 Å². The first-order valence-corrected chi connectivity index (χ1v) is 8.19. The molecule has 1 heterocycles. The lowest BCUT2D eigenvalue weighted by Crippen LogP contribution is -2.44. The Kier molecular flexibility index (Phi) is 5.16. The zero-order valence-electron chi connectivity index (χ0n) is 12.8. The SMILES string of the molecule is O=C(NNc1cccc(Cl)c1)[C@H]1CCCN1Cc1ccccc1. The normalized spacial score (nSPS) is 17.9. The van der Waals surface area contributed by atoms with Crippen molar-refractivity contribution in [3.63, 3.8) is 0 Å². The van der Waals surface area contributed by atoms with E-state index in [1.807, 2.05) is 30.3 Å². The number of nitrogens with zero attached hydrogens (tertiary/aromatic N) is 1. The maximum absolute atomic E-state index is 12.5. The summed E-state index contributed by atoms with van der Waals surface area (Å²) >= 11 is 5.94. The second kappa shape index (κ2) is 7.49. The van der Waals surface area contributed by atoms with Crippen LogP contribution in [0.5, 0.6) is 0 Å². The molecule has 2 aromatic rings. The predicted octanol–water partition coefficient (Wildman–Crippen LogP) is 3.45. The van der Waals surface area contributed by atoms with Crippen LogP contribution >= 0.6 is 11.6 Å². The first kappa shape index (κ1) is 15.8. The molecular weight excluding hydrogens is 310 g/mol. The minimum atomic E-state index is -0.0955. The molecule has 0 radical (unpaired) electrons.